The first-order chi connectivity index (χ1) is 14.5. The number of aliphatic hydroxyl groups is 1. The summed E-state index contributed by atoms with van der Waals surface area (Å²) in [5.74, 6) is 0.345. The second-order valence-corrected chi connectivity index (χ2v) is 9.77. The van der Waals surface area contributed by atoms with E-state index in [2.05, 4.69) is 13.8 Å². The molecule has 0 amide bonds. The van der Waals surface area contributed by atoms with Crippen LogP contribution in [0.3, 0.4) is 0 Å². The molecule has 2 rings (SSSR count). The molecule has 0 bridgehead atoms. The quantitative estimate of drug-likeness (QED) is 0.299. The van der Waals surface area contributed by atoms with E-state index in [1.54, 1.807) is 0 Å². The van der Waals surface area contributed by atoms with Crippen molar-refractivity contribution in [1.29, 1.82) is 0 Å². The molecule has 30 heavy (non-hydrogen) atoms. The van der Waals surface area contributed by atoms with Gasteiger partial charge in [-0.15, -0.1) is 0 Å². The highest BCUT2D eigenvalue weighted by molar-refractivity contribution is 5.66. The third-order valence-corrected chi connectivity index (χ3v) is 7.40. The van der Waals surface area contributed by atoms with Crippen LogP contribution < -0.4 is 0 Å². The highest BCUT2D eigenvalue weighted by atomic mass is 16.7. The maximum Gasteiger partial charge on any atom is 0.303 e. The molecule has 1 saturated heterocycles. The Kier molecular flexibility index (Phi) is 11.7. The number of ether oxygens (including phenoxy) is 2. The van der Waals surface area contributed by atoms with Crippen LogP contribution in [0, 0.1) is 17.8 Å². The molecule has 1 aliphatic carbocycles. The number of carbonyl (C=O) groups is 1. The van der Waals surface area contributed by atoms with E-state index in [4.69, 9.17) is 14.6 Å². The molecule has 2 aliphatic rings. The van der Waals surface area contributed by atoms with E-state index in [0.717, 1.165) is 57.8 Å². The summed E-state index contributed by atoms with van der Waals surface area (Å²) in [6.45, 7) is 5.94. The molecule has 0 aromatic heterocycles. The maximum absolute atomic E-state index is 10.6. The average Bonchev–Trinajstić information content (AvgIpc) is 3.27. The van der Waals surface area contributed by atoms with Crippen molar-refractivity contribution in [2.75, 3.05) is 13.2 Å². The maximum atomic E-state index is 10.6. The summed E-state index contributed by atoms with van der Waals surface area (Å²) in [5, 5.41) is 19.4. The Morgan fingerprint density at radius 2 is 1.57 bits per heavy atom. The summed E-state index contributed by atoms with van der Waals surface area (Å²) >= 11 is 0. The molecule has 5 heteroatoms. The van der Waals surface area contributed by atoms with E-state index in [1.165, 1.54) is 32.1 Å². The Labute approximate surface area is 183 Å². The van der Waals surface area contributed by atoms with Gasteiger partial charge < -0.3 is 19.7 Å². The predicted molar refractivity (Wildman–Crippen MR) is 119 cm³/mol. The van der Waals surface area contributed by atoms with E-state index >= 15 is 0 Å². The number of aliphatic carboxylic acids is 1. The first-order valence-corrected chi connectivity index (χ1v) is 12.6. The minimum atomic E-state index is -0.703. The molecule has 1 aliphatic heterocycles. The monoisotopic (exact) mass is 426 g/mol. The predicted octanol–water partition coefficient (Wildman–Crippen LogP) is 5.93. The molecule has 0 aromatic rings. The molecular weight excluding hydrogens is 380 g/mol. The van der Waals surface area contributed by atoms with Crippen LogP contribution in [0.4, 0.5) is 0 Å². The van der Waals surface area contributed by atoms with Gasteiger partial charge in [0.1, 0.15) is 0 Å². The normalized spacial score (nSPS) is 28.2. The number of carboxylic acids is 1. The second kappa shape index (κ2) is 13.7. The number of hydrogen-bond donors (Lipinski definition) is 2. The largest absolute Gasteiger partial charge is 0.481 e. The molecule has 0 radical (unpaired) electrons. The van der Waals surface area contributed by atoms with Crippen LogP contribution in [0.15, 0.2) is 0 Å². The fourth-order valence-corrected chi connectivity index (χ4v) is 5.65. The SMILES string of the molecule is CCCCCCCC1(CC[C@H]2C(C)CC(O)C2CCCCCCC(=O)O)OCCO1. The molecule has 0 aromatic carbocycles. The molecule has 1 saturated carbocycles. The third-order valence-electron chi connectivity index (χ3n) is 7.40. The van der Waals surface area contributed by atoms with Crippen LogP contribution >= 0.6 is 0 Å². The Hall–Kier alpha value is -0.650. The van der Waals surface area contributed by atoms with Crippen LogP contribution in [0.25, 0.3) is 0 Å². The first kappa shape index (κ1) is 25.6. The molecule has 3 unspecified atom stereocenters. The fourth-order valence-electron chi connectivity index (χ4n) is 5.65. The lowest BCUT2D eigenvalue weighted by molar-refractivity contribution is -0.171. The molecule has 4 atom stereocenters. The van der Waals surface area contributed by atoms with Crippen molar-refractivity contribution in [1.82, 2.24) is 0 Å². The van der Waals surface area contributed by atoms with Crippen LogP contribution in [0.5, 0.6) is 0 Å². The molecular formula is C25H46O5. The third kappa shape index (κ3) is 8.47. The zero-order chi connectivity index (χ0) is 21.8. The molecule has 2 N–H and O–H groups in total. The number of carboxylic acid groups (broad SMARTS) is 1. The molecule has 1 heterocycles. The van der Waals surface area contributed by atoms with Gasteiger partial charge in [-0.3, -0.25) is 4.79 Å². The van der Waals surface area contributed by atoms with Gasteiger partial charge in [0.15, 0.2) is 5.79 Å². The molecule has 5 nitrogen and oxygen atoms in total. The highest BCUT2D eigenvalue weighted by Gasteiger charge is 2.42. The number of unbranched alkanes of at least 4 members (excludes halogenated alkanes) is 7. The van der Waals surface area contributed by atoms with Gasteiger partial charge in [0, 0.05) is 19.3 Å². The lowest BCUT2D eigenvalue weighted by Crippen LogP contribution is -2.32. The smallest absolute Gasteiger partial charge is 0.303 e. The van der Waals surface area contributed by atoms with Gasteiger partial charge in [0.05, 0.1) is 19.3 Å². The van der Waals surface area contributed by atoms with Crippen LogP contribution in [0.2, 0.25) is 0 Å². The summed E-state index contributed by atoms with van der Waals surface area (Å²) < 4.78 is 12.2. The van der Waals surface area contributed by atoms with Crippen LogP contribution in [0.1, 0.15) is 110 Å². The van der Waals surface area contributed by atoms with Gasteiger partial charge in [0.25, 0.3) is 0 Å². The van der Waals surface area contributed by atoms with Crippen LogP contribution in [-0.4, -0.2) is 41.3 Å². The van der Waals surface area contributed by atoms with Crippen molar-refractivity contribution in [3.05, 3.63) is 0 Å². The summed E-state index contributed by atoms with van der Waals surface area (Å²) in [6, 6.07) is 0. The van der Waals surface area contributed by atoms with E-state index in [9.17, 15) is 9.90 Å². The van der Waals surface area contributed by atoms with Crippen molar-refractivity contribution in [2.24, 2.45) is 17.8 Å². The van der Waals surface area contributed by atoms with Gasteiger partial charge in [-0.1, -0.05) is 58.8 Å². The molecule has 0 spiro atoms. The van der Waals surface area contributed by atoms with Crippen molar-refractivity contribution in [2.45, 2.75) is 122 Å². The van der Waals surface area contributed by atoms with E-state index in [1.807, 2.05) is 0 Å². The minimum Gasteiger partial charge on any atom is -0.481 e. The molecule has 2 fully saturated rings. The number of hydrogen-bond acceptors (Lipinski definition) is 4. The Morgan fingerprint density at radius 1 is 0.900 bits per heavy atom. The average molecular weight is 427 g/mol. The second-order valence-electron chi connectivity index (χ2n) is 9.77. The topological polar surface area (TPSA) is 76.0 Å². The van der Waals surface area contributed by atoms with Crippen molar-refractivity contribution >= 4 is 5.97 Å². The lowest BCUT2D eigenvalue weighted by atomic mass is 9.81. The van der Waals surface area contributed by atoms with E-state index in [0.29, 0.717) is 31.0 Å². The van der Waals surface area contributed by atoms with Crippen molar-refractivity contribution in [3.63, 3.8) is 0 Å². The Balaban J connectivity index is 1.77. The Morgan fingerprint density at radius 3 is 2.27 bits per heavy atom. The van der Waals surface area contributed by atoms with Gasteiger partial charge in [-0.2, -0.15) is 0 Å². The zero-order valence-electron chi connectivity index (χ0n) is 19.4. The van der Waals surface area contributed by atoms with Crippen LogP contribution in [-0.2, 0) is 14.3 Å². The molecule has 176 valence electrons. The van der Waals surface area contributed by atoms with Crippen molar-refractivity contribution < 1.29 is 24.5 Å². The van der Waals surface area contributed by atoms with E-state index < -0.39 is 5.97 Å². The van der Waals surface area contributed by atoms with Gasteiger partial charge in [-0.05, 0) is 49.9 Å². The minimum absolute atomic E-state index is 0.195. The number of rotatable bonds is 16. The van der Waals surface area contributed by atoms with E-state index in [-0.39, 0.29) is 18.3 Å². The van der Waals surface area contributed by atoms with Gasteiger partial charge in [-0.25, -0.2) is 0 Å². The van der Waals surface area contributed by atoms with Gasteiger partial charge >= 0.3 is 5.97 Å². The summed E-state index contributed by atoms with van der Waals surface area (Å²) in [6.07, 6.45) is 15.2. The fraction of sp³-hybridized carbons (Fsp3) is 0.960. The number of aliphatic hydroxyl groups excluding tert-OH is 1. The summed E-state index contributed by atoms with van der Waals surface area (Å²) in [4.78, 5) is 10.6. The van der Waals surface area contributed by atoms with Gasteiger partial charge in [0.2, 0.25) is 0 Å². The Bertz CT molecular complexity index is 474. The summed E-state index contributed by atoms with van der Waals surface area (Å²) in [7, 11) is 0. The summed E-state index contributed by atoms with van der Waals surface area (Å²) in [5.41, 5.74) is 0. The first-order valence-electron chi connectivity index (χ1n) is 12.6. The lowest BCUT2D eigenvalue weighted by Gasteiger charge is -2.31. The standard InChI is InChI=1S/C25H46O5/c1-3-4-5-8-11-15-25(29-17-18-30-25)16-14-21-20(2)19-23(26)22(21)12-9-6-7-10-13-24(27)28/h20-23,26H,3-19H2,1-2H3,(H,27,28)/t20?,21-,22?,23?/m0/s1. The highest BCUT2D eigenvalue weighted by Crippen LogP contribution is 2.44. The van der Waals surface area contributed by atoms with Crippen molar-refractivity contribution in [3.8, 4) is 0 Å². The zero-order valence-corrected chi connectivity index (χ0v) is 19.4.